The molecule has 3 rings (SSSR count). The summed E-state index contributed by atoms with van der Waals surface area (Å²) in [7, 11) is 0. The van der Waals surface area contributed by atoms with Gasteiger partial charge in [0.15, 0.2) is 5.43 Å². The van der Waals surface area contributed by atoms with Gasteiger partial charge in [-0.25, -0.2) is 0 Å². The summed E-state index contributed by atoms with van der Waals surface area (Å²) in [5, 5.41) is 0.528. The molecule has 2 aromatic carbocycles. The van der Waals surface area contributed by atoms with Crippen molar-refractivity contribution in [2.45, 2.75) is 6.61 Å². The molecule has 1 aromatic heterocycles. The fourth-order valence-corrected chi connectivity index (χ4v) is 2.06. The molecule has 0 N–H and O–H groups in total. The molecule has 3 aromatic rings. The highest BCUT2D eigenvalue weighted by molar-refractivity contribution is 5.76. The summed E-state index contributed by atoms with van der Waals surface area (Å²) in [5.74, 6) is 0.534. The number of hydrogen-bond acceptors (Lipinski definition) is 4. The molecule has 4 nitrogen and oxygen atoms in total. The maximum atomic E-state index is 12.3. The van der Waals surface area contributed by atoms with E-state index in [1.165, 1.54) is 6.26 Å². The van der Waals surface area contributed by atoms with Gasteiger partial charge in [0.05, 0.1) is 10.9 Å². The van der Waals surface area contributed by atoms with Crippen LogP contribution in [0.15, 0.2) is 64.0 Å². The Bertz CT molecular complexity index is 849. The first-order valence-corrected chi connectivity index (χ1v) is 6.45. The lowest BCUT2D eigenvalue weighted by molar-refractivity contribution is 0.112. The summed E-state index contributed by atoms with van der Waals surface area (Å²) in [6.07, 6.45) is 2.16. The van der Waals surface area contributed by atoms with Crippen LogP contribution in [0, 0.1) is 0 Å². The molecule has 0 radical (unpaired) electrons. The van der Waals surface area contributed by atoms with Crippen molar-refractivity contribution >= 4 is 17.3 Å². The average Bonchev–Trinajstić information content (AvgIpc) is 2.55. The third-order valence-electron chi connectivity index (χ3n) is 3.14. The van der Waals surface area contributed by atoms with E-state index in [2.05, 4.69) is 0 Å². The quantitative estimate of drug-likeness (QED) is 0.689. The van der Waals surface area contributed by atoms with Crippen LogP contribution in [-0.2, 0) is 6.61 Å². The maximum Gasteiger partial charge on any atom is 0.199 e. The summed E-state index contributed by atoms with van der Waals surface area (Å²) in [4.78, 5) is 23.0. The molecule has 0 atom stereocenters. The topological polar surface area (TPSA) is 56.5 Å². The average molecular weight is 280 g/mol. The van der Waals surface area contributed by atoms with E-state index in [1.54, 1.807) is 42.5 Å². The lowest BCUT2D eigenvalue weighted by atomic mass is 10.2. The Labute approximate surface area is 120 Å². The lowest BCUT2D eigenvalue weighted by Gasteiger charge is -2.06. The Kier molecular flexibility index (Phi) is 3.51. The number of para-hydroxylation sites is 1. The van der Waals surface area contributed by atoms with Gasteiger partial charge in [0.2, 0.25) is 0 Å². The number of ether oxygens (including phenoxy) is 1. The van der Waals surface area contributed by atoms with E-state index in [0.29, 0.717) is 27.8 Å². The third kappa shape index (κ3) is 2.69. The predicted octanol–water partition coefficient (Wildman–Crippen LogP) is 3.18. The first-order chi connectivity index (χ1) is 10.3. The van der Waals surface area contributed by atoms with Crippen LogP contribution < -0.4 is 10.2 Å². The predicted molar refractivity (Wildman–Crippen MR) is 78.6 cm³/mol. The van der Waals surface area contributed by atoms with Crippen molar-refractivity contribution in [3.8, 4) is 5.75 Å². The molecular weight excluding hydrogens is 268 g/mol. The number of aldehydes is 1. The highest BCUT2D eigenvalue weighted by atomic mass is 16.5. The van der Waals surface area contributed by atoms with Crippen molar-refractivity contribution < 1.29 is 13.9 Å². The van der Waals surface area contributed by atoms with Crippen molar-refractivity contribution in [2.24, 2.45) is 0 Å². The molecule has 104 valence electrons. The zero-order valence-electron chi connectivity index (χ0n) is 11.1. The van der Waals surface area contributed by atoms with Gasteiger partial charge in [0, 0.05) is 5.56 Å². The van der Waals surface area contributed by atoms with E-state index in [1.807, 2.05) is 6.07 Å². The Hall–Kier alpha value is -2.88. The monoisotopic (exact) mass is 280 g/mol. The fraction of sp³-hybridized carbons (Fsp3) is 0.0588. The normalized spacial score (nSPS) is 10.5. The van der Waals surface area contributed by atoms with E-state index < -0.39 is 0 Å². The Morgan fingerprint density at radius 1 is 1.10 bits per heavy atom. The largest absolute Gasteiger partial charge is 0.489 e. The number of benzene rings is 2. The highest BCUT2D eigenvalue weighted by Crippen LogP contribution is 2.15. The van der Waals surface area contributed by atoms with Crippen molar-refractivity contribution in [1.82, 2.24) is 0 Å². The number of fused-ring (bicyclic) bond motifs is 1. The molecule has 4 heteroatoms. The van der Waals surface area contributed by atoms with E-state index in [9.17, 15) is 9.59 Å². The SMILES string of the molecule is O=Cc1cccc(OCc2coc3ccccc3c2=O)c1. The number of hydrogen-bond donors (Lipinski definition) is 0. The minimum Gasteiger partial charge on any atom is -0.489 e. The molecule has 21 heavy (non-hydrogen) atoms. The van der Waals surface area contributed by atoms with Gasteiger partial charge in [-0.2, -0.15) is 0 Å². The second-order valence-corrected chi connectivity index (χ2v) is 4.57. The Morgan fingerprint density at radius 3 is 2.81 bits per heavy atom. The minimum atomic E-state index is -0.108. The molecule has 1 heterocycles. The molecule has 0 saturated carbocycles. The van der Waals surface area contributed by atoms with E-state index in [0.717, 1.165) is 6.29 Å². The Balaban J connectivity index is 1.86. The van der Waals surface area contributed by atoms with Gasteiger partial charge in [-0.05, 0) is 24.3 Å². The lowest BCUT2D eigenvalue weighted by Crippen LogP contribution is -2.11. The number of carbonyl (C=O) groups is 1. The first-order valence-electron chi connectivity index (χ1n) is 6.45. The smallest absolute Gasteiger partial charge is 0.199 e. The molecule has 0 aliphatic carbocycles. The van der Waals surface area contributed by atoms with E-state index >= 15 is 0 Å². The molecule has 0 saturated heterocycles. The summed E-state index contributed by atoms with van der Waals surface area (Å²) < 4.78 is 11.0. The summed E-state index contributed by atoms with van der Waals surface area (Å²) in [6.45, 7) is 0.0927. The van der Waals surface area contributed by atoms with Gasteiger partial charge in [-0.3, -0.25) is 9.59 Å². The van der Waals surface area contributed by atoms with Crippen LogP contribution in [0.5, 0.6) is 5.75 Å². The molecule has 0 aliphatic heterocycles. The van der Waals surface area contributed by atoms with Crippen molar-refractivity contribution in [1.29, 1.82) is 0 Å². The first kappa shape index (κ1) is 13.1. The molecule has 0 amide bonds. The fourth-order valence-electron chi connectivity index (χ4n) is 2.06. The summed E-state index contributed by atoms with van der Waals surface area (Å²) in [5.41, 5.74) is 1.40. The molecule has 0 spiro atoms. The van der Waals surface area contributed by atoms with Crippen LogP contribution in [-0.4, -0.2) is 6.29 Å². The van der Waals surface area contributed by atoms with Crippen LogP contribution in [0.4, 0.5) is 0 Å². The highest BCUT2D eigenvalue weighted by Gasteiger charge is 2.07. The van der Waals surface area contributed by atoms with Crippen molar-refractivity contribution in [3.05, 3.63) is 76.1 Å². The van der Waals surface area contributed by atoms with Crippen LogP contribution in [0.3, 0.4) is 0 Å². The minimum absolute atomic E-state index is 0.0927. The van der Waals surface area contributed by atoms with Crippen LogP contribution in [0.25, 0.3) is 11.0 Å². The van der Waals surface area contributed by atoms with Crippen LogP contribution in [0.2, 0.25) is 0 Å². The second kappa shape index (κ2) is 5.63. The summed E-state index contributed by atoms with van der Waals surface area (Å²) in [6, 6.07) is 13.8. The standard InChI is InChI=1S/C17H12O4/c18-9-12-4-3-5-14(8-12)20-10-13-11-21-16-7-2-1-6-15(16)17(13)19/h1-9,11H,10H2. The molecule has 0 unspecified atom stereocenters. The number of carbonyl (C=O) groups excluding carboxylic acids is 1. The van der Waals surface area contributed by atoms with Gasteiger partial charge in [-0.1, -0.05) is 24.3 Å². The van der Waals surface area contributed by atoms with Gasteiger partial charge in [-0.15, -0.1) is 0 Å². The maximum absolute atomic E-state index is 12.3. The molecule has 0 fully saturated rings. The van der Waals surface area contributed by atoms with Crippen LogP contribution >= 0.6 is 0 Å². The van der Waals surface area contributed by atoms with E-state index in [-0.39, 0.29) is 12.0 Å². The summed E-state index contributed by atoms with van der Waals surface area (Å²) >= 11 is 0. The third-order valence-corrected chi connectivity index (χ3v) is 3.14. The molecule has 0 aliphatic rings. The van der Waals surface area contributed by atoms with Crippen molar-refractivity contribution in [2.75, 3.05) is 0 Å². The van der Waals surface area contributed by atoms with Gasteiger partial charge in [0.1, 0.15) is 30.5 Å². The van der Waals surface area contributed by atoms with Gasteiger partial charge >= 0.3 is 0 Å². The van der Waals surface area contributed by atoms with Crippen LogP contribution in [0.1, 0.15) is 15.9 Å². The Morgan fingerprint density at radius 2 is 1.95 bits per heavy atom. The molecular formula is C17H12O4. The zero-order valence-corrected chi connectivity index (χ0v) is 11.1. The second-order valence-electron chi connectivity index (χ2n) is 4.57. The van der Waals surface area contributed by atoms with E-state index in [4.69, 9.17) is 9.15 Å². The molecule has 0 bridgehead atoms. The van der Waals surface area contributed by atoms with Crippen molar-refractivity contribution in [3.63, 3.8) is 0 Å². The number of rotatable bonds is 4. The van der Waals surface area contributed by atoms with Gasteiger partial charge < -0.3 is 9.15 Å². The zero-order chi connectivity index (χ0) is 14.7. The van der Waals surface area contributed by atoms with Gasteiger partial charge in [0.25, 0.3) is 0 Å².